The van der Waals surface area contributed by atoms with E-state index in [0.717, 1.165) is 17.8 Å². The molecule has 2 aromatic carbocycles. The number of hydrogen-bond donors (Lipinski definition) is 3. The van der Waals surface area contributed by atoms with Crippen molar-refractivity contribution in [3.8, 4) is 5.69 Å². The van der Waals surface area contributed by atoms with Crippen LogP contribution in [-0.4, -0.2) is 23.1 Å². The molecule has 3 rings (SSSR count). The van der Waals surface area contributed by atoms with Gasteiger partial charge in [0.25, 0.3) is 0 Å². The lowest BCUT2D eigenvalue weighted by atomic mass is 10.3. The second-order valence-electron chi connectivity index (χ2n) is 5.63. The second kappa shape index (κ2) is 8.13. The van der Waals surface area contributed by atoms with Gasteiger partial charge in [-0.2, -0.15) is 0 Å². The van der Waals surface area contributed by atoms with Crippen LogP contribution in [0.1, 0.15) is 0 Å². The predicted octanol–water partition coefficient (Wildman–Crippen LogP) is 3.52. The number of carbonyl (C=O) groups is 2. The van der Waals surface area contributed by atoms with E-state index >= 15 is 0 Å². The van der Waals surface area contributed by atoms with Gasteiger partial charge in [0.15, 0.2) is 11.6 Å². The minimum absolute atomic E-state index is 0.0977. The Morgan fingerprint density at radius 3 is 2.33 bits per heavy atom. The molecule has 0 bridgehead atoms. The van der Waals surface area contributed by atoms with Crippen molar-refractivity contribution in [2.45, 2.75) is 0 Å². The number of amides is 3. The fourth-order valence-corrected chi connectivity index (χ4v) is 2.37. The number of benzene rings is 2. The fraction of sp³-hybridized carbons (Fsp3) is 0.0526. The van der Waals surface area contributed by atoms with Gasteiger partial charge in [-0.15, -0.1) is 0 Å². The number of halogens is 2. The van der Waals surface area contributed by atoms with Crippen LogP contribution < -0.4 is 16.0 Å². The van der Waals surface area contributed by atoms with Crippen molar-refractivity contribution in [1.29, 1.82) is 0 Å². The van der Waals surface area contributed by atoms with Crippen LogP contribution >= 0.6 is 0 Å². The molecule has 0 fully saturated rings. The molecule has 0 radical (unpaired) electrons. The van der Waals surface area contributed by atoms with Gasteiger partial charge in [-0.05, 0) is 42.5 Å². The Morgan fingerprint density at radius 1 is 0.852 bits per heavy atom. The molecule has 0 unspecified atom stereocenters. The van der Waals surface area contributed by atoms with Gasteiger partial charge < -0.3 is 20.5 Å². The third-order valence-corrected chi connectivity index (χ3v) is 3.62. The summed E-state index contributed by atoms with van der Waals surface area (Å²) < 4.78 is 27.9. The van der Waals surface area contributed by atoms with Crippen molar-refractivity contribution in [1.82, 2.24) is 9.88 Å². The number of urea groups is 1. The highest BCUT2D eigenvalue weighted by atomic mass is 19.2. The molecule has 6 nitrogen and oxygen atoms in total. The molecule has 138 valence electrons. The van der Waals surface area contributed by atoms with Crippen molar-refractivity contribution >= 4 is 23.3 Å². The molecule has 0 atom stereocenters. The molecule has 0 saturated heterocycles. The van der Waals surface area contributed by atoms with Crippen LogP contribution in [0.4, 0.5) is 25.0 Å². The molecule has 8 heteroatoms. The monoisotopic (exact) mass is 370 g/mol. The van der Waals surface area contributed by atoms with Crippen LogP contribution in [0.25, 0.3) is 5.69 Å². The highest BCUT2D eigenvalue weighted by Crippen LogP contribution is 2.15. The Morgan fingerprint density at radius 2 is 1.59 bits per heavy atom. The molecule has 3 N–H and O–H groups in total. The third kappa shape index (κ3) is 4.91. The van der Waals surface area contributed by atoms with E-state index in [-0.39, 0.29) is 12.2 Å². The largest absolute Gasteiger partial charge is 0.329 e. The summed E-state index contributed by atoms with van der Waals surface area (Å²) in [6, 6.07) is 13.4. The van der Waals surface area contributed by atoms with Crippen molar-refractivity contribution in [2.24, 2.45) is 0 Å². The highest BCUT2D eigenvalue weighted by molar-refractivity contribution is 5.97. The molecule has 1 heterocycles. The molecule has 27 heavy (non-hydrogen) atoms. The minimum Gasteiger partial charge on any atom is -0.329 e. The number of rotatable bonds is 5. The fourth-order valence-electron chi connectivity index (χ4n) is 2.37. The zero-order chi connectivity index (χ0) is 19.2. The smallest absolute Gasteiger partial charge is 0.319 e. The second-order valence-corrected chi connectivity index (χ2v) is 5.63. The number of anilines is 2. The topological polar surface area (TPSA) is 75.2 Å². The molecule has 0 aliphatic rings. The molecule has 1 aromatic heterocycles. The van der Waals surface area contributed by atoms with Crippen LogP contribution in [0, 0.1) is 11.6 Å². The molecule has 0 aliphatic heterocycles. The van der Waals surface area contributed by atoms with Gasteiger partial charge >= 0.3 is 6.03 Å². The van der Waals surface area contributed by atoms with Gasteiger partial charge in [-0.1, -0.05) is 6.07 Å². The average molecular weight is 370 g/mol. The Labute approximate surface area is 153 Å². The first-order chi connectivity index (χ1) is 13.0. The maximum absolute atomic E-state index is 13.1. The summed E-state index contributed by atoms with van der Waals surface area (Å²) in [4.78, 5) is 23.7. The van der Waals surface area contributed by atoms with Gasteiger partial charge in [-0.3, -0.25) is 4.79 Å². The lowest BCUT2D eigenvalue weighted by Crippen LogP contribution is -2.35. The van der Waals surface area contributed by atoms with Crippen LogP contribution in [-0.2, 0) is 4.79 Å². The SMILES string of the molecule is O=C(CNC(=O)Nc1cccc(-n2cccc2)c1)Nc1ccc(F)c(F)c1. The Balaban J connectivity index is 1.51. The lowest BCUT2D eigenvalue weighted by molar-refractivity contribution is -0.115. The number of aromatic nitrogens is 1. The quantitative estimate of drug-likeness (QED) is 0.643. The summed E-state index contributed by atoms with van der Waals surface area (Å²) in [5.41, 5.74) is 1.52. The Hall–Kier alpha value is -3.68. The van der Waals surface area contributed by atoms with Crippen molar-refractivity contribution < 1.29 is 18.4 Å². The van der Waals surface area contributed by atoms with E-state index in [1.54, 1.807) is 18.2 Å². The van der Waals surface area contributed by atoms with E-state index in [2.05, 4.69) is 16.0 Å². The first kappa shape index (κ1) is 18.1. The number of hydrogen-bond acceptors (Lipinski definition) is 2. The van der Waals surface area contributed by atoms with Gasteiger partial charge in [0.1, 0.15) is 0 Å². The molecule has 3 aromatic rings. The molecule has 3 amide bonds. The summed E-state index contributed by atoms with van der Waals surface area (Å²) in [5, 5.41) is 7.39. The first-order valence-electron chi connectivity index (χ1n) is 8.04. The van der Waals surface area contributed by atoms with Crippen LogP contribution in [0.5, 0.6) is 0 Å². The highest BCUT2D eigenvalue weighted by Gasteiger charge is 2.08. The van der Waals surface area contributed by atoms with Gasteiger partial charge in [0.05, 0.1) is 6.54 Å². The van der Waals surface area contributed by atoms with Gasteiger partial charge in [0, 0.05) is 35.5 Å². The normalized spacial score (nSPS) is 10.3. The summed E-state index contributed by atoms with van der Waals surface area (Å²) >= 11 is 0. The third-order valence-electron chi connectivity index (χ3n) is 3.62. The predicted molar refractivity (Wildman–Crippen MR) is 97.8 cm³/mol. The van der Waals surface area contributed by atoms with Crippen molar-refractivity contribution in [2.75, 3.05) is 17.2 Å². The van der Waals surface area contributed by atoms with E-state index < -0.39 is 23.6 Å². The number of nitrogens with zero attached hydrogens (tertiary/aromatic N) is 1. The summed E-state index contributed by atoms with van der Waals surface area (Å²) in [6.45, 7) is -0.331. The molecular weight excluding hydrogens is 354 g/mol. The van der Waals surface area contributed by atoms with E-state index in [0.29, 0.717) is 5.69 Å². The van der Waals surface area contributed by atoms with E-state index in [1.165, 1.54) is 6.07 Å². The van der Waals surface area contributed by atoms with Crippen LogP contribution in [0.2, 0.25) is 0 Å². The van der Waals surface area contributed by atoms with Crippen LogP contribution in [0.3, 0.4) is 0 Å². The molecular formula is C19H16F2N4O2. The van der Waals surface area contributed by atoms with Gasteiger partial charge in [0.2, 0.25) is 5.91 Å². The Bertz CT molecular complexity index is 958. The number of carbonyl (C=O) groups excluding carboxylic acids is 2. The molecule has 0 spiro atoms. The van der Waals surface area contributed by atoms with Crippen LogP contribution in [0.15, 0.2) is 67.0 Å². The maximum atomic E-state index is 13.1. The Kier molecular flexibility index (Phi) is 5.46. The number of nitrogens with one attached hydrogen (secondary N) is 3. The van der Waals surface area contributed by atoms with Crippen molar-refractivity contribution in [3.05, 3.63) is 78.6 Å². The standard InChI is InChI=1S/C19H16F2N4O2/c20-16-7-6-14(11-17(16)21)23-18(26)12-22-19(27)24-13-4-3-5-15(10-13)25-8-1-2-9-25/h1-11H,12H2,(H,23,26)(H2,22,24,27). The zero-order valence-electron chi connectivity index (χ0n) is 14.1. The summed E-state index contributed by atoms with van der Waals surface area (Å²) in [7, 11) is 0. The molecule has 0 aliphatic carbocycles. The molecule has 0 saturated carbocycles. The summed E-state index contributed by atoms with van der Waals surface area (Å²) in [5.74, 6) is -2.65. The maximum Gasteiger partial charge on any atom is 0.319 e. The first-order valence-corrected chi connectivity index (χ1v) is 8.04. The zero-order valence-corrected chi connectivity index (χ0v) is 14.1. The van der Waals surface area contributed by atoms with E-state index in [1.807, 2.05) is 35.2 Å². The van der Waals surface area contributed by atoms with Crippen molar-refractivity contribution in [3.63, 3.8) is 0 Å². The minimum atomic E-state index is -1.07. The summed E-state index contributed by atoms with van der Waals surface area (Å²) in [6.07, 6.45) is 3.75. The van der Waals surface area contributed by atoms with E-state index in [4.69, 9.17) is 0 Å². The lowest BCUT2D eigenvalue weighted by Gasteiger charge is -2.10. The van der Waals surface area contributed by atoms with E-state index in [9.17, 15) is 18.4 Å². The average Bonchev–Trinajstić information content (AvgIpc) is 3.18. The van der Waals surface area contributed by atoms with Gasteiger partial charge in [-0.25, -0.2) is 13.6 Å².